The van der Waals surface area contributed by atoms with Gasteiger partial charge in [-0.3, -0.25) is 0 Å². The summed E-state index contributed by atoms with van der Waals surface area (Å²) in [4.78, 5) is 0. The van der Waals surface area contributed by atoms with Crippen LogP contribution in [0, 0.1) is 26.1 Å². The smallest absolute Gasteiger partial charge is 0.0550 e. The van der Waals surface area contributed by atoms with Gasteiger partial charge in [0.1, 0.15) is 0 Å². The maximum atomic E-state index is 4.49. The van der Waals surface area contributed by atoms with Crippen molar-refractivity contribution >= 4 is 0 Å². The monoisotopic (exact) mass is 424 g/mol. The third-order valence-corrected chi connectivity index (χ3v) is 0.648. The first-order valence-corrected chi connectivity index (χ1v) is 2.61. The van der Waals surface area contributed by atoms with Gasteiger partial charge in [-0.2, -0.15) is 0 Å². The molecule has 0 spiro atoms. The molecular weight excluding hydrogens is 421 g/mol. The second-order valence-electron chi connectivity index (χ2n) is 1.40. The first-order chi connectivity index (χ1) is 5.39. The summed E-state index contributed by atoms with van der Waals surface area (Å²) in [5, 5.41) is 13.0. The van der Waals surface area contributed by atoms with Gasteiger partial charge in [0, 0.05) is 53.8 Å². The van der Waals surface area contributed by atoms with E-state index in [1.165, 1.54) is 0 Å². The molecule has 2 aromatic rings. The Balaban J connectivity index is 0. The average Bonchev–Trinajstić information content (AvgIpc) is 2.57. The molecule has 8 heteroatoms. The molecule has 0 aromatic carbocycles. The van der Waals surface area contributed by atoms with Gasteiger partial charge in [-0.1, -0.05) is 6.92 Å². The van der Waals surface area contributed by atoms with Crippen LogP contribution in [0.5, 0.6) is 0 Å². The molecule has 2 rings (SSSR count). The van der Waals surface area contributed by atoms with E-state index in [4.69, 9.17) is 0 Å². The molecule has 0 bridgehead atoms. The molecule has 0 fully saturated rings. The molecule has 2 aromatic heterocycles. The van der Waals surface area contributed by atoms with Gasteiger partial charge in [-0.25, -0.2) is 23.0 Å². The van der Waals surface area contributed by atoms with E-state index in [-0.39, 0.29) is 53.8 Å². The van der Waals surface area contributed by atoms with Crippen molar-refractivity contribution in [2.75, 3.05) is 0 Å². The van der Waals surface area contributed by atoms with Crippen molar-refractivity contribution in [3.05, 3.63) is 25.1 Å². The molecule has 2 heterocycles. The molecule has 0 saturated heterocycles. The Morgan fingerprint density at radius 3 is 1.85 bits per heavy atom. The van der Waals surface area contributed by atoms with E-state index in [2.05, 4.69) is 48.4 Å². The second kappa shape index (κ2) is 10.2. The van der Waals surface area contributed by atoms with Crippen LogP contribution in [0.4, 0.5) is 0 Å². The molecule has 0 N–H and O–H groups in total. The minimum absolute atomic E-state index is 0. The fourth-order valence-corrected chi connectivity index (χ4v) is 0.300. The number of nitrogens with zero attached hydrogens (tertiary/aromatic N) is 4. The minimum Gasteiger partial charge on any atom is -0.809 e. The van der Waals surface area contributed by atoms with Crippen LogP contribution < -0.4 is 0 Å². The largest absolute Gasteiger partial charge is 0.809 e. The van der Waals surface area contributed by atoms with E-state index >= 15 is 0 Å². The van der Waals surface area contributed by atoms with Gasteiger partial charge in [0.25, 0.3) is 0 Å². The van der Waals surface area contributed by atoms with Gasteiger partial charge >= 0.3 is 0 Å². The topological polar surface area (TPSA) is 77.8 Å². The van der Waals surface area contributed by atoms with Crippen LogP contribution >= 0.6 is 0 Å². The Hall–Kier alpha value is 0.0722. The predicted molar refractivity (Wildman–Crippen MR) is 29.8 cm³/mol. The third-order valence-electron chi connectivity index (χ3n) is 0.648. The van der Waals surface area contributed by atoms with Gasteiger partial charge in [0.15, 0.2) is 0 Å². The molecule has 0 unspecified atom stereocenters. The van der Waals surface area contributed by atoms with Crippen molar-refractivity contribution in [3.63, 3.8) is 0 Å². The summed E-state index contributed by atoms with van der Waals surface area (Å²) in [7, 11) is 0. The van der Waals surface area contributed by atoms with Crippen LogP contribution in [-0.4, -0.2) is 20.4 Å². The van der Waals surface area contributed by atoms with Crippen molar-refractivity contribution in [2.45, 2.75) is 6.92 Å². The Morgan fingerprint density at radius 1 is 1.08 bits per heavy atom. The van der Waals surface area contributed by atoms with Crippen LogP contribution in [0.1, 0.15) is 5.89 Å². The summed E-state index contributed by atoms with van der Waals surface area (Å²) in [5.41, 5.74) is 0. The number of aryl methyl sites for hydroxylation is 1. The zero-order valence-electron chi connectivity index (χ0n) is 6.59. The minimum atomic E-state index is 0. The molecule has 67 valence electrons. The average molecular weight is 424 g/mol. The van der Waals surface area contributed by atoms with E-state index in [0.717, 1.165) is 0 Å². The summed E-state index contributed by atoms with van der Waals surface area (Å²) in [6.45, 7) is 1.71. The van der Waals surface area contributed by atoms with Crippen LogP contribution in [0.25, 0.3) is 0 Å². The Morgan fingerprint density at radius 2 is 1.69 bits per heavy atom. The van der Waals surface area contributed by atoms with Crippen molar-refractivity contribution in [2.24, 2.45) is 0 Å². The molecule has 1 radical (unpaired) electrons. The van der Waals surface area contributed by atoms with Crippen LogP contribution in [0.15, 0.2) is 8.83 Å². The molecule has 0 atom stereocenters. The molecular formula is C5H3N4O2WY-3. The summed E-state index contributed by atoms with van der Waals surface area (Å²) >= 11 is 0. The number of hydrogen-bond acceptors (Lipinski definition) is 6. The fraction of sp³-hybridized carbons (Fsp3) is 0.200. The molecule has 0 aliphatic rings. The van der Waals surface area contributed by atoms with Crippen LogP contribution in [-0.2, 0) is 53.8 Å². The molecule has 0 amide bonds. The van der Waals surface area contributed by atoms with E-state index in [0.29, 0.717) is 5.89 Å². The second-order valence-corrected chi connectivity index (χ2v) is 1.40. The summed E-state index contributed by atoms with van der Waals surface area (Å²) in [5.74, 6) is 0.551. The summed E-state index contributed by atoms with van der Waals surface area (Å²) in [6.07, 6.45) is 6.33. The normalized spacial score (nSPS) is 7.15. The standard InChI is InChI=1S/C3H3N2O.C2N2O.W.Y/c1-3-5-4-2-6-3;1-3-4-2-5-1;;/h1H3;;;/q-1;-2;;. The van der Waals surface area contributed by atoms with Crippen molar-refractivity contribution in [1.29, 1.82) is 0 Å². The zero-order chi connectivity index (χ0) is 7.94. The van der Waals surface area contributed by atoms with Gasteiger partial charge in [-0.05, 0) is 0 Å². The summed E-state index contributed by atoms with van der Waals surface area (Å²) in [6, 6.07) is 0. The first-order valence-electron chi connectivity index (χ1n) is 2.61. The van der Waals surface area contributed by atoms with Gasteiger partial charge < -0.3 is 19.0 Å². The van der Waals surface area contributed by atoms with Gasteiger partial charge in [-0.15, -0.1) is 0 Å². The molecule has 0 aliphatic heterocycles. The number of rotatable bonds is 0. The van der Waals surface area contributed by atoms with Gasteiger partial charge in [0.2, 0.25) is 0 Å². The maximum absolute atomic E-state index is 4.49. The molecule has 0 saturated carbocycles. The molecule has 6 nitrogen and oxygen atoms in total. The summed E-state index contributed by atoms with van der Waals surface area (Å²) < 4.78 is 8.60. The van der Waals surface area contributed by atoms with Crippen molar-refractivity contribution in [3.8, 4) is 0 Å². The SMILES string of the molecule is Cc1nn[c-]o1.[W].[Y].[c-]1nn[c-]o1. The number of hydrogen-bond donors (Lipinski definition) is 0. The molecule has 0 aliphatic carbocycles. The van der Waals surface area contributed by atoms with Crippen LogP contribution in [0.3, 0.4) is 0 Å². The van der Waals surface area contributed by atoms with Gasteiger partial charge in [0.05, 0.1) is 12.3 Å². The van der Waals surface area contributed by atoms with Crippen molar-refractivity contribution < 1.29 is 62.6 Å². The quantitative estimate of drug-likeness (QED) is 0.548. The van der Waals surface area contributed by atoms with Crippen molar-refractivity contribution in [1.82, 2.24) is 20.4 Å². The maximum Gasteiger partial charge on any atom is 0.0550 e. The van der Waals surface area contributed by atoms with E-state index in [9.17, 15) is 0 Å². The van der Waals surface area contributed by atoms with E-state index < -0.39 is 0 Å². The Labute approximate surface area is 114 Å². The predicted octanol–water partition coefficient (Wildman–Crippen LogP) is -0.157. The van der Waals surface area contributed by atoms with E-state index in [1.54, 1.807) is 6.92 Å². The van der Waals surface area contributed by atoms with E-state index in [1.807, 2.05) is 0 Å². The van der Waals surface area contributed by atoms with Crippen LogP contribution in [0.2, 0.25) is 0 Å². The molecule has 13 heavy (non-hydrogen) atoms. The fourth-order valence-electron chi connectivity index (χ4n) is 0.300. The first kappa shape index (κ1) is 15.5. The zero-order valence-corrected chi connectivity index (χ0v) is 12.4. The third kappa shape index (κ3) is 8.40. The Kier molecular flexibility index (Phi) is 12.1. The number of aromatic nitrogens is 4. The Bertz CT molecular complexity index is 245.